The van der Waals surface area contributed by atoms with Crippen molar-refractivity contribution in [1.29, 1.82) is 0 Å². The highest BCUT2D eigenvalue weighted by Gasteiger charge is 2.26. The molecule has 0 radical (unpaired) electrons. The van der Waals surface area contributed by atoms with Crippen LogP contribution in [0.25, 0.3) is 0 Å². The first-order valence-corrected chi connectivity index (χ1v) is 6.67. The minimum atomic E-state index is -0.763. The molecule has 0 unspecified atom stereocenters. The second-order valence-corrected chi connectivity index (χ2v) is 5.22. The summed E-state index contributed by atoms with van der Waals surface area (Å²) in [6, 6.07) is 2.89. The van der Waals surface area contributed by atoms with Crippen molar-refractivity contribution in [2.45, 2.75) is 31.7 Å². The molecule has 0 saturated heterocycles. The van der Waals surface area contributed by atoms with E-state index in [1.54, 1.807) is 19.3 Å². The van der Waals surface area contributed by atoms with Gasteiger partial charge in [-0.15, -0.1) is 0 Å². The molecule has 2 N–H and O–H groups in total. The predicted molar refractivity (Wildman–Crippen MR) is 72.5 cm³/mol. The van der Waals surface area contributed by atoms with Crippen LogP contribution in [0.15, 0.2) is 23.1 Å². The molecule has 0 aromatic carbocycles. The number of carboxylic acids is 1. The Morgan fingerprint density at radius 1 is 1.30 bits per heavy atom. The van der Waals surface area contributed by atoms with Gasteiger partial charge in [-0.25, -0.2) is 0 Å². The van der Waals surface area contributed by atoms with E-state index in [2.05, 4.69) is 5.32 Å². The number of aliphatic carboxylic acids is 1. The van der Waals surface area contributed by atoms with E-state index in [1.165, 1.54) is 10.6 Å². The first kappa shape index (κ1) is 14.3. The monoisotopic (exact) mass is 278 g/mol. The third-order valence-corrected chi connectivity index (χ3v) is 3.78. The minimum absolute atomic E-state index is 0.0119. The highest BCUT2D eigenvalue weighted by Crippen LogP contribution is 2.24. The van der Waals surface area contributed by atoms with Crippen LogP contribution < -0.4 is 10.9 Å². The molecule has 108 valence electrons. The van der Waals surface area contributed by atoms with Gasteiger partial charge in [0.25, 0.3) is 11.5 Å². The zero-order valence-electron chi connectivity index (χ0n) is 11.3. The van der Waals surface area contributed by atoms with Gasteiger partial charge in [0.05, 0.1) is 5.92 Å². The Morgan fingerprint density at radius 2 is 1.95 bits per heavy atom. The van der Waals surface area contributed by atoms with Crippen LogP contribution in [0.5, 0.6) is 0 Å². The number of pyridine rings is 1. The summed E-state index contributed by atoms with van der Waals surface area (Å²) in [7, 11) is 1.62. The van der Waals surface area contributed by atoms with E-state index in [0.29, 0.717) is 31.2 Å². The molecule has 1 aliphatic rings. The summed E-state index contributed by atoms with van der Waals surface area (Å²) in [5.41, 5.74) is 0.112. The van der Waals surface area contributed by atoms with Gasteiger partial charge >= 0.3 is 5.97 Å². The minimum Gasteiger partial charge on any atom is -0.481 e. The SMILES string of the molecule is Cn1ccc(C(=O)NC2CCC(C(=O)O)CC2)cc1=O. The topological polar surface area (TPSA) is 88.4 Å². The molecule has 2 rings (SSSR count). The molecule has 0 atom stereocenters. The van der Waals surface area contributed by atoms with Crippen molar-refractivity contribution in [3.05, 3.63) is 34.2 Å². The molecule has 1 aromatic heterocycles. The average molecular weight is 278 g/mol. The van der Waals surface area contributed by atoms with Gasteiger partial charge in [-0.1, -0.05) is 0 Å². The summed E-state index contributed by atoms with van der Waals surface area (Å²) < 4.78 is 1.40. The number of aryl methyl sites for hydroxylation is 1. The fourth-order valence-electron chi connectivity index (χ4n) is 2.44. The van der Waals surface area contributed by atoms with Gasteiger partial charge in [-0.05, 0) is 31.7 Å². The predicted octanol–water partition coefficient (Wildman–Crippen LogP) is 0.758. The van der Waals surface area contributed by atoms with Gasteiger partial charge in [0.2, 0.25) is 0 Å². The van der Waals surface area contributed by atoms with Gasteiger partial charge in [-0.3, -0.25) is 14.4 Å². The lowest BCUT2D eigenvalue weighted by Gasteiger charge is -2.26. The van der Waals surface area contributed by atoms with Gasteiger partial charge in [-0.2, -0.15) is 0 Å². The zero-order valence-corrected chi connectivity index (χ0v) is 11.3. The fourth-order valence-corrected chi connectivity index (χ4v) is 2.44. The lowest BCUT2D eigenvalue weighted by Crippen LogP contribution is -2.39. The molecule has 20 heavy (non-hydrogen) atoms. The Labute approximate surface area is 116 Å². The van der Waals surface area contributed by atoms with Crippen molar-refractivity contribution < 1.29 is 14.7 Å². The standard InChI is InChI=1S/C14H18N2O4/c1-16-7-6-10(8-12(16)17)13(18)15-11-4-2-9(3-5-11)14(19)20/h6-9,11H,2-5H2,1H3,(H,15,18)(H,19,20). The number of carboxylic acid groups (broad SMARTS) is 1. The van der Waals surface area contributed by atoms with Gasteiger partial charge in [0.15, 0.2) is 0 Å². The zero-order chi connectivity index (χ0) is 14.7. The highest BCUT2D eigenvalue weighted by molar-refractivity contribution is 5.94. The Balaban J connectivity index is 1.94. The Kier molecular flexibility index (Phi) is 4.22. The molecule has 1 aliphatic carbocycles. The first-order chi connectivity index (χ1) is 9.47. The van der Waals surface area contributed by atoms with E-state index in [1.807, 2.05) is 0 Å². The van der Waals surface area contributed by atoms with Crippen molar-refractivity contribution in [1.82, 2.24) is 9.88 Å². The Hall–Kier alpha value is -2.11. The van der Waals surface area contributed by atoms with Crippen molar-refractivity contribution in [3.8, 4) is 0 Å². The van der Waals surface area contributed by atoms with Crippen LogP contribution in [-0.4, -0.2) is 27.6 Å². The maximum Gasteiger partial charge on any atom is 0.306 e. The van der Waals surface area contributed by atoms with Crippen molar-refractivity contribution in [3.63, 3.8) is 0 Å². The second kappa shape index (κ2) is 5.90. The van der Waals surface area contributed by atoms with E-state index < -0.39 is 5.97 Å². The number of nitrogens with one attached hydrogen (secondary N) is 1. The van der Waals surface area contributed by atoms with Crippen LogP contribution in [-0.2, 0) is 11.8 Å². The smallest absolute Gasteiger partial charge is 0.306 e. The number of amides is 1. The van der Waals surface area contributed by atoms with Gasteiger partial charge in [0.1, 0.15) is 0 Å². The molecule has 1 saturated carbocycles. The van der Waals surface area contributed by atoms with Crippen LogP contribution in [0, 0.1) is 5.92 Å². The first-order valence-electron chi connectivity index (χ1n) is 6.67. The van der Waals surface area contributed by atoms with E-state index in [-0.39, 0.29) is 23.4 Å². The van der Waals surface area contributed by atoms with E-state index in [4.69, 9.17) is 5.11 Å². The number of carbonyl (C=O) groups excluding carboxylic acids is 1. The van der Waals surface area contributed by atoms with Crippen LogP contribution in [0.1, 0.15) is 36.0 Å². The Morgan fingerprint density at radius 3 is 2.50 bits per heavy atom. The summed E-state index contributed by atoms with van der Waals surface area (Å²) in [5, 5.41) is 11.8. The van der Waals surface area contributed by atoms with Gasteiger partial charge in [0, 0.05) is 30.9 Å². The van der Waals surface area contributed by atoms with Crippen LogP contribution in [0.2, 0.25) is 0 Å². The second-order valence-electron chi connectivity index (χ2n) is 5.22. The summed E-state index contributed by atoms with van der Waals surface area (Å²) >= 11 is 0. The summed E-state index contributed by atoms with van der Waals surface area (Å²) in [4.78, 5) is 34.3. The lowest BCUT2D eigenvalue weighted by molar-refractivity contribution is -0.142. The Bertz CT molecular complexity index is 571. The number of rotatable bonds is 3. The van der Waals surface area contributed by atoms with Crippen LogP contribution in [0.3, 0.4) is 0 Å². The number of aromatic nitrogens is 1. The number of hydrogen-bond acceptors (Lipinski definition) is 3. The average Bonchev–Trinajstić information content (AvgIpc) is 2.42. The molecule has 0 spiro atoms. The van der Waals surface area contributed by atoms with Crippen LogP contribution >= 0.6 is 0 Å². The molecule has 0 aliphatic heterocycles. The molecule has 1 amide bonds. The molecular weight excluding hydrogens is 260 g/mol. The molecular formula is C14H18N2O4. The molecule has 6 nitrogen and oxygen atoms in total. The highest BCUT2D eigenvalue weighted by atomic mass is 16.4. The molecule has 0 bridgehead atoms. The summed E-state index contributed by atoms with van der Waals surface area (Å²) in [5.74, 6) is -1.34. The van der Waals surface area contributed by atoms with Crippen molar-refractivity contribution >= 4 is 11.9 Å². The fraction of sp³-hybridized carbons (Fsp3) is 0.500. The molecule has 6 heteroatoms. The van der Waals surface area contributed by atoms with Crippen molar-refractivity contribution in [2.75, 3.05) is 0 Å². The largest absolute Gasteiger partial charge is 0.481 e. The van der Waals surface area contributed by atoms with E-state index in [9.17, 15) is 14.4 Å². The lowest BCUT2D eigenvalue weighted by atomic mass is 9.86. The van der Waals surface area contributed by atoms with E-state index >= 15 is 0 Å². The molecule has 1 aromatic rings. The van der Waals surface area contributed by atoms with E-state index in [0.717, 1.165) is 0 Å². The number of nitrogens with zero attached hydrogens (tertiary/aromatic N) is 1. The summed E-state index contributed by atoms with van der Waals surface area (Å²) in [6.07, 6.45) is 4.04. The van der Waals surface area contributed by atoms with Gasteiger partial charge < -0.3 is 15.0 Å². The third kappa shape index (κ3) is 3.26. The quantitative estimate of drug-likeness (QED) is 0.854. The molecule has 1 heterocycles. The maximum absolute atomic E-state index is 12.0. The number of hydrogen-bond donors (Lipinski definition) is 2. The number of carbonyl (C=O) groups is 2. The van der Waals surface area contributed by atoms with Crippen LogP contribution in [0.4, 0.5) is 0 Å². The normalized spacial score (nSPS) is 22.2. The third-order valence-electron chi connectivity index (χ3n) is 3.78. The summed E-state index contributed by atoms with van der Waals surface area (Å²) in [6.45, 7) is 0. The van der Waals surface area contributed by atoms with Crippen molar-refractivity contribution in [2.24, 2.45) is 13.0 Å². The molecule has 1 fully saturated rings. The maximum atomic E-state index is 12.0.